The van der Waals surface area contributed by atoms with Crippen molar-refractivity contribution in [1.29, 1.82) is 0 Å². The summed E-state index contributed by atoms with van der Waals surface area (Å²) in [7, 11) is 0.741. The Labute approximate surface area is 183 Å². The van der Waals surface area contributed by atoms with Gasteiger partial charge in [-0.25, -0.2) is 4.79 Å². The van der Waals surface area contributed by atoms with Crippen LogP contribution < -0.4 is 16.0 Å². The first-order chi connectivity index (χ1) is 14.1. The Morgan fingerprint density at radius 3 is 2.27 bits per heavy atom. The molecule has 0 bridgehead atoms. The van der Waals surface area contributed by atoms with Gasteiger partial charge in [-0.3, -0.25) is 9.20 Å². The molecule has 8 heteroatoms. The van der Waals surface area contributed by atoms with Crippen LogP contribution in [0.25, 0.3) is 0 Å². The first-order valence-corrected chi connectivity index (χ1v) is 12.0. The summed E-state index contributed by atoms with van der Waals surface area (Å²) < 4.78 is 17.7. The van der Waals surface area contributed by atoms with Gasteiger partial charge in [0.25, 0.3) is 0 Å². The minimum Gasteiger partial charge on any atom is -0.444 e. The third-order valence-electron chi connectivity index (χ3n) is 4.73. The van der Waals surface area contributed by atoms with Crippen molar-refractivity contribution in [2.45, 2.75) is 64.4 Å². The van der Waals surface area contributed by atoms with E-state index >= 15 is 0 Å². The van der Waals surface area contributed by atoms with Crippen molar-refractivity contribution < 1.29 is 13.7 Å². The lowest BCUT2D eigenvalue weighted by atomic mass is 9.93. The summed E-state index contributed by atoms with van der Waals surface area (Å²) in [5.74, 6) is 1.69. The first-order valence-electron chi connectivity index (χ1n) is 10.5. The number of nitrogens with one attached hydrogen (secondary N) is 3. The molecule has 1 aromatic rings. The van der Waals surface area contributed by atoms with Crippen molar-refractivity contribution in [3.05, 3.63) is 35.9 Å². The maximum atomic E-state index is 12.3. The molecule has 0 saturated heterocycles. The van der Waals surface area contributed by atoms with Gasteiger partial charge in [0.1, 0.15) is 5.60 Å². The maximum absolute atomic E-state index is 12.3. The second-order valence-corrected chi connectivity index (χ2v) is 9.82. The minimum absolute atomic E-state index is 0.424. The Morgan fingerprint density at radius 2 is 1.73 bits per heavy atom. The van der Waals surface area contributed by atoms with Gasteiger partial charge in [-0.1, -0.05) is 44.2 Å². The molecule has 0 aliphatic carbocycles. The molecule has 170 valence electrons. The molecule has 7 nitrogen and oxygen atoms in total. The van der Waals surface area contributed by atoms with Crippen LogP contribution in [0.4, 0.5) is 4.79 Å². The Morgan fingerprint density at radius 1 is 1.10 bits per heavy atom. The van der Waals surface area contributed by atoms with E-state index in [9.17, 15) is 9.00 Å². The van der Waals surface area contributed by atoms with Crippen LogP contribution in [0.1, 0.15) is 53.0 Å². The lowest BCUT2D eigenvalue weighted by molar-refractivity contribution is 0.0448. The van der Waals surface area contributed by atoms with E-state index < -0.39 is 28.0 Å². The van der Waals surface area contributed by atoms with Crippen molar-refractivity contribution in [3.63, 3.8) is 0 Å². The summed E-state index contributed by atoms with van der Waals surface area (Å²) in [5, 5.41) is 9.49. The summed E-state index contributed by atoms with van der Waals surface area (Å²) in [6, 6.07) is 9.83. The zero-order valence-corrected chi connectivity index (χ0v) is 20.0. The monoisotopic (exact) mass is 438 g/mol. The highest BCUT2D eigenvalue weighted by Gasteiger charge is 2.30. The van der Waals surface area contributed by atoms with E-state index in [1.54, 1.807) is 7.05 Å². The summed E-state index contributed by atoms with van der Waals surface area (Å²) in [4.78, 5) is 16.5. The Balaban J connectivity index is 2.50. The van der Waals surface area contributed by atoms with Crippen LogP contribution in [0.3, 0.4) is 0 Å². The molecule has 0 spiro atoms. The van der Waals surface area contributed by atoms with E-state index in [2.05, 4.69) is 20.9 Å². The van der Waals surface area contributed by atoms with Gasteiger partial charge in [-0.05, 0) is 39.2 Å². The van der Waals surface area contributed by atoms with E-state index in [0.29, 0.717) is 30.6 Å². The third kappa shape index (κ3) is 10.1. The summed E-state index contributed by atoms with van der Waals surface area (Å²) in [6.07, 6.45) is 1.06. The molecule has 1 amide bonds. The summed E-state index contributed by atoms with van der Waals surface area (Å²) in [6.45, 7) is 10.7. The van der Waals surface area contributed by atoms with E-state index in [-0.39, 0.29) is 0 Å². The number of carbonyl (C=O) groups excluding carboxylic acids is 1. The quantitative estimate of drug-likeness (QED) is 0.385. The van der Waals surface area contributed by atoms with Gasteiger partial charge in [0.15, 0.2) is 5.96 Å². The molecule has 0 aliphatic heterocycles. The van der Waals surface area contributed by atoms with Crippen molar-refractivity contribution >= 4 is 22.9 Å². The lowest BCUT2D eigenvalue weighted by Crippen LogP contribution is -2.57. The van der Waals surface area contributed by atoms with Crippen LogP contribution in [-0.4, -0.2) is 53.3 Å². The van der Waals surface area contributed by atoms with Crippen molar-refractivity contribution in [3.8, 4) is 0 Å². The zero-order chi connectivity index (χ0) is 22.6. The molecule has 0 heterocycles. The molecule has 3 N–H and O–H groups in total. The van der Waals surface area contributed by atoms with Crippen molar-refractivity contribution in [2.24, 2.45) is 4.99 Å². The Bertz CT molecular complexity index is 698. The molecular formula is C22H38N4O3S. The number of hydrogen-bond donors (Lipinski definition) is 3. The Hall–Kier alpha value is -2.09. The van der Waals surface area contributed by atoms with Crippen LogP contribution in [0.15, 0.2) is 35.3 Å². The fourth-order valence-electron chi connectivity index (χ4n) is 2.83. The van der Waals surface area contributed by atoms with Crippen LogP contribution >= 0.6 is 0 Å². The number of guanidine groups is 1. The summed E-state index contributed by atoms with van der Waals surface area (Å²) in [5.41, 5.74) is 0.0793. The summed E-state index contributed by atoms with van der Waals surface area (Å²) >= 11 is 0. The van der Waals surface area contributed by atoms with Crippen LogP contribution in [0.2, 0.25) is 0 Å². The highest BCUT2D eigenvalue weighted by molar-refractivity contribution is 7.84. The predicted molar refractivity (Wildman–Crippen MR) is 125 cm³/mol. The van der Waals surface area contributed by atoms with Crippen LogP contribution in [-0.2, 0) is 21.3 Å². The molecule has 1 atom stereocenters. The fourth-order valence-corrected chi connectivity index (χ4v) is 3.87. The number of rotatable bonds is 10. The number of alkyl carbamates (subject to hydrolysis) is 1. The average Bonchev–Trinajstić information content (AvgIpc) is 2.68. The number of aliphatic imine (C=N–C) groups is 1. The van der Waals surface area contributed by atoms with Gasteiger partial charge in [0, 0.05) is 42.4 Å². The Kier molecular flexibility index (Phi) is 10.9. The third-order valence-corrected chi connectivity index (χ3v) is 6.04. The zero-order valence-electron chi connectivity index (χ0n) is 19.2. The van der Waals surface area contributed by atoms with E-state index in [4.69, 9.17) is 4.74 Å². The highest BCUT2D eigenvalue weighted by atomic mass is 32.2. The standard InChI is InChI=1S/C22H38N4O3S/c1-7-22(8-2,26-20(27)29-21(3,4)5)17-25-19(23-6)24-14-15-30(28)16-18-12-10-9-11-13-18/h9-13H,7-8,14-17H2,1-6H3,(H,26,27)(H2,23,24,25). The normalized spacial score (nSPS) is 13.5. The molecule has 0 aromatic heterocycles. The lowest BCUT2D eigenvalue weighted by Gasteiger charge is -2.34. The predicted octanol–water partition coefficient (Wildman–Crippen LogP) is 3.18. The molecule has 0 saturated carbocycles. The van der Waals surface area contributed by atoms with Crippen LogP contribution in [0, 0.1) is 0 Å². The van der Waals surface area contributed by atoms with E-state index in [1.807, 2.05) is 65.0 Å². The molecule has 0 fully saturated rings. The largest absolute Gasteiger partial charge is 0.444 e. The first kappa shape index (κ1) is 25.9. The molecule has 0 radical (unpaired) electrons. The number of ether oxygens (including phenoxy) is 1. The van der Waals surface area contributed by atoms with Crippen molar-refractivity contribution in [1.82, 2.24) is 16.0 Å². The smallest absolute Gasteiger partial charge is 0.408 e. The maximum Gasteiger partial charge on any atom is 0.408 e. The van der Waals surface area contributed by atoms with E-state index in [1.165, 1.54) is 0 Å². The van der Waals surface area contributed by atoms with Gasteiger partial charge in [0.05, 0.1) is 5.54 Å². The van der Waals surface area contributed by atoms with Gasteiger partial charge in [-0.15, -0.1) is 0 Å². The second-order valence-electron chi connectivity index (χ2n) is 8.24. The number of benzene rings is 1. The fraction of sp³-hybridized carbons (Fsp3) is 0.636. The molecule has 1 unspecified atom stereocenters. The van der Waals surface area contributed by atoms with E-state index in [0.717, 1.165) is 18.4 Å². The molecule has 0 aliphatic rings. The second kappa shape index (κ2) is 12.6. The molecular weight excluding hydrogens is 400 g/mol. The molecule has 1 aromatic carbocycles. The SMILES string of the molecule is CCC(CC)(CNC(=NC)NCCS(=O)Cc1ccccc1)NC(=O)OC(C)(C)C. The average molecular weight is 439 g/mol. The van der Waals surface area contributed by atoms with Gasteiger partial charge < -0.3 is 20.7 Å². The topological polar surface area (TPSA) is 91.8 Å². The van der Waals surface area contributed by atoms with Crippen LogP contribution in [0.5, 0.6) is 0 Å². The molecule has 1 rings (SSSR count). The number of nitrogens with zero attached hydrogens (tertiary/aromatic N) is 1. The number of amides is 1. The van der Waals surface area contributed by atoms with Gasteiger partial charge >= 0.3 is 6.09 Å². The highest BCUT2D eigenvalue weighted by Crippen LogP contribution is 2.16. The number of hydrogen-bond acceptors (Lipinski definition) is 4. The van der Waals surface area contributed by atoms with Gasteiger partial charge in [-0.2, -0.15) is 0 Å². The molecule has 30 heavy (non-hydrogen) atoms. The van der Waals surface area contributed by atoms with Gasteiger partial charge in [0.2, 0.25) is 0 Å². The number of carbonyl (C=O) groups is 1. The minimum atomic E-state index is -0.950. The van der Waals surface area contributed by atoms with Crippen molar-refractivity contribution in [2.75, 3.05) is 25.9 Å².